The van der Waals surface area contributed by atoms with Crippen molar-refractivity contribution < 1.29 is 0 Å². The number of alkyl halides is 2. The zero-order valence-electron chi connectivity index (χ0n) is 9.95. The van der Waals surface area contributed by atoms with Gasteiger partial charge < -0.3 is 5.73 Å². The average Bonchev–Trinajstić information content (AvgIpc) is 2.05. The summed E-state index contributed by atoms with van der Waals surface area (Å²) in [6.07, 6.45) is 4.81. The first-order valence-corrected chi connectivity index (χ1v) is 7.31. The normalized spacial score (nSPS) is 16.5. The molecule has 0 aromatic rings. The second-order valence-corrected chi connectivity index (χ2v) is 6.70. The van der Waals surface area contributed by atoms with Crippen LogP contribution in [0.25, 0.3) is 0 Å². The molecule has 1 nitrogen and oxygen atoms in total. The summed E-state index contributed by atoms with van der Waals surface area (Å²) >= 11 is 7.10. The minimum Gasteiger partial charge on any atom is -0.328 e. The summed E-state index contributed by atoms with van der Waals surface area (Å²) in [5, 5.41) is 1.09. The fourth-order valence-corrected chi connectivity index (χ4v) is 2.85. The summed E-state index contributed by atoms with van der Waals surface area (Å²) < 4.78 is 0.366. The lowest BCUT2D eigenvalue weighted by molar-refractivity contribution is 0.577. The van der Waals surface area contributed by atoms with Crippen LogP contribution in [0.1, 0.15) is 53.4 Å². The summed E-state index contributed by atoms with van der Waals surface area (Å²) in [5.74, 6) is 0. The van der Waals surface area contributed by atoms with Crippen LogP contribution in [0.2, 0.25) is 0 Å². The molecule has 0 aliphatic rings. The van der Waals surface area contributed by atoms with Crippen molar-refractivity contribution in [3.8, 4) is 0 Å². The third-order valence-corrected chi connectivity index (χ3v) is 3.22. The zero-order chi connectivity index (χ0) is 11.6. The van der Waals surface area contributed by atoms with Crippen molar-refractivity contribution >= 4 is 31.9 Å². The van der Waals surface area contributed by atoms with E-state index in [9.17, 15) is 0 Å². The smallest absolute Gasteiger partial charge is 0.0237 e. The van der Waals surface area contributed by atoms with Crippen molar-refractivity contribution in [1.29, 1.82) is 0 Å². The standard InChI is InChI=1S/C7H14Br2.C4H11N/c1-3-4-7(2,9)5-6-8;1-3-4(2)5/h3-6H2,1-2H3;4H,3,5H2,1-2H3. The van der Waals surface area contributed by atoms with Gasteiger partial charge in [-0.2, -0.15) is 0 Å². The quantitative estimate of drug-likeness (QED) is 0.739. The maximum atomic E-state index is 5.29. The van der Waals surface area contributed by atoms with Gasteiger partial charge in [0.05, 0.1) is 0 Å². The minimum absolute atomic E-state index is 0.366. The molecule has 88 valence electrons. The molecule has 0 heterocycles. The highest BCUT2D eigenvalue weighted by Crippen LogP contribution is 2.27. The van der Waals surface area contributed by atoms with Gasteiger partial charge in [0.15, 0.2) is 0 Å². The van der Waals surface area contributed by atoms with Gasteiger partial charge in [-0.25, -0.2) is 0 Å². The molecule has 2 atom stereocenters. The molecule has 0 fully saturated rings. The second kappa shape index (κ2) is 10.4. The van der Waals surface area contributed by atoms with Gasteiger partial charge in [-0.15, -0.1) is 0 Å². The summed E-state index contributed by atoms with van der Waals surface area (Å²) in [6.45, 7) is 8.54. The molecule has 0 aliphatic heterocycles. The van der Waals surface area contributed by atoms with E-state index in [1.165, 1.54) is 19.3 Å². The van der Waals surface area contributed by atoms with Gasteiger partial charge in [0.2, 0.25) is 0 Å². The van der Waals surface area contributed by atoms with E-state index in [2.05, 4.69) is 52.6 Å². The van der Waals surface area contributed by atoms with Crippen molar-refractivity contribution in [2.75, 3.05) is 5.33 Å². The lowest BCUT2D eigenvalue weighted by atomic mass is 10.0. The van der Waals surface area contributed by atoms with Crippen LogP contribution in [0, 0.1) is 0 Å². The predicted molar refractivity (Wildman–Crippen MR) is 74.6 cm³/mol. The van der Waals surface area contributed by atoms with E-state index in [0.29, 0.717) is 10.4 Å². The zero-order valence-corrected chi connectivity index (χ0v) is 13.1. The third kappa shape index (κ3) is 15.4. The summed E-state index contributed by atoms with van der Waals surface area (Å²) in [6, 6.07) is 0.384. The van der Waals surface area contributed by atoms with Crippen molar-refractivity contribution in [1.82, 2.24) is 0 Å². The van der Waals surface area contributed by atoms with E-state index in [0.717, 1.165) is 11.8 Å². The van der Waals surface area contributed by atoms with Crippen LogP contribution in [-0.4, -0.2) is 15.7 Å². The molecule has 0 bridgehead atoms. The summed E-state index contributed by atoms with van der Waals surface area (Å²) in [5.41, 5.74) is 5.29. The molecule has 0 aromatic carbocycles. The number of hydrogen-bond donors (Lipinski definition) is 1. The van der Waals surface area contributed by atoms with Crippen molar-refractivity contribution in [2.24, 2.45) is 5.73 Å². The highest BCUT2D eigenvalue weighted by atomic mass is 79.9. The summed E-state index contributed by atoms with van der Waals surface area (Å²) in [7, 11) is 0. The molecular weight excluding hydrogens is 306 g/mol. The molecule has 0 saturated carbocycles. The fraction of sp³-hybridized carbons (Fsp3) is 1.00. The van der Waals surface area contributed by atoms with Crippen LogP contribution in [-0.2, 0) is 0 Å². The predicted octanol–water partition coefficient (Wildman–Crippen LogP) is 4.47. The highest BCUT2D eigenvalue weighted by Gasteiger charge is 2.16. The SMILES string of the molecule is CCC(C)N.CCCC(C)(Br)CCBr. The molecule has 0 amide bonds. The van der Waals surface area contributed by atoms with E-state index in [4.69, 9.17) is 5.73 Å². The topological polar surface area (TPSA) is 26.0 Å². The number of hydrogen-bond acceptors (Lipinski definition) is 1. The number of rotatable bonds is 5. The Morgan fingerprint density at radius 3 is 1.93 bits per heavy atom. The van der Waals surface area contributed by atoms with Gasteiger partial charge in [0.25, 0.3) is 0 Å². The molecule has 0 aliphatic carbocycles. The Hall–Kier alpha value is 0.920. The molecule has 2 N–H and O–H groups in total. The Morgan fingerprint density at radius 1 is 1.29 bits per heavy atom. The van der Waals surface area contributed by atoms with Crippen LogP contribution in [0.4, 0.5) is 0 Å². The molecule has 0 spiro atoms. The molecule has 0 saturated heterocycles. The maximum absolute atomic E-state index is 5.29. The van der Waals surface area contributed by atoms with Crippen LogP contribution in [0.15, 0.2) is 0 Å². The molecule has 2 unspecified atom stereocenters. The van der Waals surface area contributed by atoms with E-state index < -0.39 is 0 Å². The van der Waals surface area contributed by atoms with Gasteiger partial charge >= 0.3 is 0 Å². The maximum Gasteiger partial charge on any atom is 0.0237 e. The van der Waals surface area contributed by atoms with Gasteiger partial charge in [0.1, 0.15) is 0 Å². The highest BCUT2D eigenvalue weighted by molar-refractivity contribution is 9.10. The molecule has 0 radical (unpaired) electrons. The Bertz CT molecular complexity index is 106. The second-order valence-electron chi connectivity index (χ2n) is 3.99. The van der Waals surface area contributed by atoms with E-state index in [-0.39, 0.29) is 0 Å². The minimum atomic E-state index is 0.366. The van der Waals surface area contributed by atoms with Crippen molar-refractivity contribution in [2.45, 2.75) is 63.7 Å². The van der Waals surface area contributed by atoms with Crippen LogP contribution < -0.4 is 5.73 Å². The van der Waals surface area contributed by atoms with Gasteiger partial charge in [-0.05, 0) is 33.1 Å². The Kier molecular flexibility index (Phi) is 12.9. The molecule has 0 rings (SSSR count). The van der Waals surface area contributed by atoms with Crippen LogP contribution in [0.3, 0.4) is 0 Å². The van der Waals surface area contributed by atoms with Crippen molar-refractivity contribution in [3.63, 3.8) is 0 Å². The van der Waals surface area contributed by atoms with Crippen molar-refractivity contribution in [3.05, 3.63) is 0 Å². The monoisotopic (exact) mass is 329 g/mol. The average molecular weight is 331 g/mol. The summed E-state index contributed by atoms with van der Waals surface area (Å²) in [4.78, 5) is 0. The van der Waals surface area contributed by atoms with Gasteiger partial charge in [-0.3, -0.25) is 0 Å². The van der Waals surface area contributed by atoms with E-state index in [1.807, 2.05) is 6.92 Å². The Balaban J connectivity index is 0. The first-order chi connectivity index (χ1) is 6.39. The third-order valence-electron chi connectivity index (χ3n) is 2.03. The van der Waals surface area contributed by atoms with Crippen LogP contribution >= 0.6 is 31.9 Å². The van der Waals surface area contributed by atoms with Gasteiger partial charge in [0, 0.05) is 15.7 Å². The largest absolute Gasteiger partial charge is 0.328 e. The first-order valence-electron chi connectivity index (χ1n) is 5.40. The van der Waals surface area contributed by atoms with Gasteiger partial charge in [-0.1, -0.05) is 52.1 Å². The number of halogens is 2. The molecule has 3 heteroatoms. The Labute approximate surface area is 106 Å². The van der Waals surface area contributed by atoms with Crippen LogP contribution in [0.5, 0.6) is 0 Å². The number of nitrogens with two attached hydrogens (primary N) is 1. The lowest BCUT2D eigenvalue weighted by Gasteiger charge is -2.19. The first kappa shape index (κ1) is 17.3. The lowest BCUT2D eigenvalue weighted by Crippen LogP contribution is -2.15. The Morgan fingerprint density at radius 2 is 1.71 bits per heavy atom. The van der Waals surface area contributed by atoms with E-state index >= 15 is 0 Å². The molecular formula is C11H25Br2N. The molecule has 0 aromatic heterocycles. The van der Waals surface area contributed by atoms with E-state index in [1.54, 1.807) is 0 Å². The molecule has 14 heavy (non-hydrogen) atoms. The fourth-order valence-electron chi connectivity index (χ4n) is 0.843.